The highest BCUT2D eigenvalue weighted by Gasteiger charge is 2.19. The van der Waals surface area contributed by atoms with E-state index in [1.807, 2.05) is 18.2 Å². The van der Waals surface area contributed by atoms with Gasteiger partial charge in [0.05, 0.1) is 10.0 Å². The fraction of sp³-hybridized carbons (Fsp3) is 0.588. The minimum atomic E-state index is 0.190. The lowest BCUT2D eigenvalue weighted by molar-refractivity contribution is -0.122. The summed E-state index contributed by atoms with van der Waals surface area (Å²) in [6, 6.07) is 5.71. The van der Waals surface area contributed by atoms with Crippen molar-refractivity contribution < 1.29 is 4.79 Å². The Hall–Kier alpha value is -0.420. The second kappa shape index (κ2) is 9.77. The van der Waals surface area contributed by atoms with Crippen LogP contribution in [0.2, 0.25) is 10.0 Å². The van der Waals surface area contributed by atoms with E-state index in [1.54, 1.807) is 11.8 Å². The van der Waals surface area contributed by atoms with Crippen molar-refractivity contribution in [2.24, 2.45) is 5.92 Å². The van der Waals surface area contributed by atoms with Crippen LogP contribution >= 0.6 is 35.0 Å². The van der Waals surface area contributed by atoms with E-state index in [2.05, 4.69) is 17.3 Å². The van der Waals surface area contributed by atoms with Crippen LogP contribution in [0.3, 0.4) is 0 Å². The number of carbonyl (C=O) groups excluding carboxylic acids is 1. The third-order valence-electron chi connectivity index (χ3n) is 4.13. The quantitative estimate of drug-likeness (QED) is 0.729. The van der Waals surface area contributed by atoms with E-state index >= 15 is 0 Å². The molecule has 1 saturated heterocycles. The van der Waals surface area contributed by atoms with Gasteiger partial charge in [0.25, 0.3) is 0 Å². The number of amides is 1. The average molecular weight is 375 g/mol. The Kier molecular flexibility index (Phi) is 8.04. The number of benzene rings is 1. The maximum Gasteiger partial charge on any atom is 0.220 e. The molecule has 1 aromatic rings. The molecule has 1 N–H and O–H groups in total. The van der Waals surface area contributed by atoms with Gasteiger partial charge >= 0.3 is 0 Å². The smallest absolute Gasteiger partial charge is 0.220 e. The van der Waals surface area contributed by atoms with E-state index in [0.29, 0.717) is 22.4 Å². The third kappa shape index (κ3) is 6.92. The van der Waals surface area contributed by atoms with Gasteiger partial charge in [0.2, 0.25) is 5.91 Å². The Morgan fingerprint density at radius 1 is 1.30 bits per heavy atom. The van der Waals surface area contributed by atoms with Crippen LogP contribution in [0.4, 0.5) is 0 Å². The third-order valence-corrected chi connectivity index (χ3v) is 5.90. The highest BCUT2D eigenvalue weighted by molar-refractivity contribution is 7.98. The van der Waals surface area contributed by atoms with E-state index in [-0.39, 0.29) is 5.91 Å². The number of hydrogen-bond donors (Lipinski definition) is 1. The molecule has 0 bridgehead atoms. The van der Waals surface area contributed by atoms with Crippen molar-refractivity contribution in [1.82, 2.24) is 10.2 Å². The molecule has 23 heavy (non-hydrogen) atoms. The van der Waals surface area contributed by atoms with Gasteiger partial charge in [0, 0.05) is 24.5 Å². The van der Waals surface area contributed by atoms with Gasteiger partial charge in [-0.3, -0.25) is 4.79 Å². The zero-order valence-electron chi connectivity index (χ0n) is 13.5. The van der Waals surface area contributed by atoms with E-state index in [0.717, 1.165) is 49.5 Å². The molecular formula is C17H24Cl2N2OS. The maximum absolute atomic E-state index is 11.9. The van der Waals surface area contributed by atoms with Crippen LogP contribution < -0.4 is 5.32 Å². The molecule has 0 unspecified atom stereocenters. The summed E-state index contributed by atoms with van der Waals surface area (Å²) in [5.41, 5.74) is 1.15. The molecule has 1 amide bonds. The second-order valence-corrected chi connectivity index (χ2v) is 8.02. The van der Waals surface area contributed by atoms with Crippen molar-refractivity contribution in [3.05, 3.63) is 33.8 Å². The molecule has 1 aliphatic rings. The SMILES string of the molecule is CN1CCC(CC(=O)NCCSCc2ccc(Cl)c(Cl)c2)CC1. The summed E-state index contributed by atoms with van der Waals surface area (Å²) >= 11 is 13.7. The predicted octanol–water partition coefficient (Wildman–Crippen LogP) is 4.07. The Morgan fingerprint density at radius 2 is 2.04 bits per heavy atom. The number of halogens is 2. The van der Waals surface area contributed by atoms with Gasteiger partial charge in [-0.25, -0.2) is 0 Å². The molecule has 0 aromatic heterocycles. The van der Waals surface area contributed by atoms with Crippen molar-refractivity contribution in [2.75, 3.05) is 32.4 Å². The fourth-order valence-corrected chi connectivity index (χ4v) is 3.81. The van der Waals surface area contributed by atoms with Crippen LogP contribution in [0, 0.1) is 5.92 Å². The molecule has 1 heterocycles. The van der Waals surface area contributed by atoms with Crippen molar-refractivity contribution in [3.63, 3.8) is 0 Å². The van der Waals surface area contributed by atoms with Crippen molar-refractivity contribution >= 4 is 40.9 Å². The number of thioether (sulfide) groups is 1. The summed E-state index contributed by atoms with van der Waals surface area (Å²) in [6.45, 7) is 2.94. The summed E-state index contributed by atoms with van der Waals surface area (Å²) in [5, 5.41) is 4.21. The Balaban J connectivity index is 1.56. The number of hydrogen-bond acceptors (Lipinski definition) is 3. The van der Waals surface area contributed by atoms with Gasteiger partial charge in [0.1, 0.15) is 0 Å². The molecule has 0 spiro atoms. The molecule has 0 atom stereocenters. The topological polar surface area (TPSA) is 32.3 Å². The Labute approximate surface area is 153 Å². The molecule has 128 valence electrons. The molecule has 1 aliphatic heterocycles. The lowest BCUT2D eigenvalue weighted by Crippen LogP contribution is -2.34. The number of nitrogens with one attached hydrogen (secondary N) is 1. The predicted molar refractivity (Wildman–Crippen MR) is 100 cm³/mol. The Bertz CT molecular complexity index is 519. The van der Waals surface area contributed by atoms with Crippen molar-refractivity contribution in [3.8, 4) is 0 Å². The summed E-state index contributed by atoms with van der Waals surface area (Å²) in [5.74, 6) is 2.52. The molecule has 6 heteroatoms. The zero-order valence-corrected chi connectivity index (χ0v) is 15.8. The molecule has 1 aromatic carbocycles. The van der Waals surface area contributed by atoms with Gasteiger partial charge in [0.15, 0.2) is 0 Å². The van der Waals surface area contributed by atoms with Crippen LogP contribution in [-0.2, 0) is 10.5 Å². The summed E-state index contributed by atoms with van der Waals surface area (Å²) in [6.07, 6.45) is 2.94. The molecule has 1 fully saturated rings. The first-order valence-corrected chi connectivity index (χ1v) is 9.92. The molecule has 0 aliphatic carbocycles. The maximum atomic E-state index is 11.9. The molecule has 2 rings (SSSR count). The van der Waals surface area contributed by atoms with E-state index < -0.39 is 0 Å². The zero-order chi connectivity index (χ0) is 16.7. The first-order valence-electron chi connectivity index (χ1n) is 8.01. The summed E-state index contributed by atoms with van der Waals surface area (Å²) in [7, 11) is 2.14. The second-order valence-electron chi connectivity index (χ2n) is 6.10. The van der Waals surface area contributed by atoms with Crippen LogP contribution in [0.25, 0.3) is 0 Å². The number of piperidine rings is 1. The fourth-order valence-electron chi connectivity index (χ4n) is 2.68. The lowest BCUT2D eigenvalue weighted by atomic mass is 9.93. The van der Waals surface area contributed by atoms with Crippen LogP contribution in [0.15, 0.2) is 18.2 Å². The van der Waals surface area contributed by atoms with Crippen LogP contribution in [0.5, 0.6) is 0 Å². The van der Waals surface area contributed by atoms with Crippen LogP contribution in [0.1, 0.15) is 24.8 Å². The van der Waals surface area contributed by atoms with E-state index in [4.69, 9.17) is 23.2 Å². The van der Waals surface area contributed by atoms with E-state index in [9.17, 15) is 4.79 Å². The molecule has 0 saturated carbocycles. The average Bonchev–Trinajstić information content (AvgIpc) is 2.53. The van der Waals surface area contributed by atoms with Gasteiger partial charge in [-0.2, -0.15) is 11.8 Å². The highest BCUT2D eigenvalue weighted by atomic mass is 35.5. The van der Waals surface area contributed by atoms with Crippen LogP contribution in [-0.4, -0.2) is 43.2 Å². The number of likely N-dealkylation sites (tertiary alicyclic amines) is 1. The minimum absolute atomic E-state index is 0.190. The number of carbonyl (C=O) groups is 1. The van der Waals surface area contributed by atoms with Crippen molar-refractivity contribution in [2.45, 2.75) is 25.0 Å². The van der Waals surface area contributed by atoms with Gasteiger partial charge in [-0.05, 0) is 56.6 Å². The number of nitrogens with zero attached hydrogens (tertiary/aromatic N) is 1. The summed E-state index contributed by atoms with van der Waals surface area (Å²) < 4.78 is 0. The standard InChI is InChI=1S/C17H24Cl2N2OS/c1-21-7-4-13(5-8-21)11-17(22)20-6-9-23-12-14-2-3-15(18)16(19)10-14/h2-3,10,13H,4-9,11-12H2,1H3,(H,20,22). The first-order chi connectivity index (χ1) is 11.0. The normalized spacial score (nSPS) is 16.5. The number of rotatable bonds is 7. The highest BCUT2D eigenvalue weighted by Crippen LogP contribution is 2.24. The van der Waals surface area contributed by atoms with Gasteiger partial charge in [-0.15, -0.1) is 0 Å². The van der Waals surface area contributed by atoms with Gasteiger partial charge < -0.3 is 10.2 Å². The molecule has 3 nitrogen and oxygen atoms in total. The van der Waals surface area contributed by atoms with Crippen molar-refractivity contribution in [1.29, 1.82) is 0 Å². The summed E-state index contributed by atoms with van der Waals surface area (Å²) in [4.78, 5) is 14.3. The monoisotopic (exact) mass is 374 g/mol. The minimum Gasteiger partial charge on any atom is -0.355 e. The first kappa shape index (κ1) is 18.9. The largest absolute Gasteiger partial charge is 0.355 e. The van der Waals surface area contributed by atoms with Gasteiger partial charge in [-0.1, -0.05) is 29.3 Å². The Morgan fingerprint density at radius 3 is 2.74 bits per heavy atom. The molecular weight excluding hydrogens is 351 g/mol. The molecule has 0 radical (unpaired) electrons. The van der Waals surface area contributed by atoms with E-state index in [1.165, 1.54) is 0 Å². The lowest BCUT2D eigenvalue weighted by Gasteiger charge is -2.28.